The minimum Gasteiger partial charge on any atom is -0.459 e. The number of nitrogens with zero attached hydrogens (tertiary/aromatic N) is 2. The first kappa shape index (κ1) is 16.1. The highest BCUT2D eigenvalue weighted by Gasteiger charge is 2.30. The first-order valence-corrected chi connectivity index (χ1v) is 8.52. The van der Waals surface area contributed by atoms with Gasteiger partial charge in [0.05, 0.1) is 6.26 Å². The van der Waals surface area contributed by atoms with Crippen molar-refractivity contribution in [3.05, 3.63) is 24.2 Å². The van der Waals surface area contributed by atoms with Gasteiger partial charge in [-0.15, -0.1) is 0 Å². The molecule has 2 amide bonds. The third-order valence-electron chi connectivity index (χ3n) is 4.93. The van der Waals surface area contributed by atoms with Crippen LogP contribution in [0.3, 0.4) is 0 Å². The smallest absolute Gasteiger partial charge is 0.287 e. The van der Waals surface area contributed by atoms with Gasteiger partial charge in [0.1, 0.15) is 6.04 Å². The number of furan rings is 1. The van der Waals surface area contributed by atoms with Crippen LogP contribution in [0.1, 0.15) is 43.2 Å². The number of carbonyl (C=O) groups excluding carboxylic acids is 2. The van der Waals surface area contributed by atoms with E-state index in [1.54, 1.807) is 19.1 Å². The quantitative estimate of drug-likeness (QED) is 0.913. The SMILES string of the molecule is CC(NC(=O)c1ccco1)C(=O)N1CCN(C2CCCC2)CC1. The van der Waals surface area contributed by atoms with Crippen molar-refractivity contribution in [2.75, 3.05) is 26.2 Å². The van der Waals surface area contributed by atoms with Crippen molar-refractivity contribution in [2.24, 2.45) is 0 Å². The number of carbonyl (C=O) groups is 2. The second-order valence-electron chi connectivity index (χ2n) is 6.47. The lowest BCUT2D eigenvalue weighted by molar-refractivity contribution is -0.134. The fourth-order valence-electron chi connectivity index (χ4n) is 3.59. The minimum atomic E-state index is -0.536. The van der Waals surface area contributed by atoms with Gasteiger partial charge in [-0.2, -0.15) is 0 Å². The van der Waals surface area contributed by atoms with E-state index in [4.69, 9.17) is 4.42 Å². The van der Waals surface area contributed by atoms with Gasteiger partial charge >= 0.3 is 0 Å². The second kappa shape index (κ2) is 7.17. The highest BCUT2D eigenvalue weighted by Crippen LogP contribution is 2.24. The zero-order chi connectivity index (χ0) is 16.2. The van der Waals surface area contributed by atoms with Crippen LogP contribution in [0, 0.1) is 0 Å². The van der Waals surface area contributed by atoms with Crippen molar-refractivity contribution in [1.29, 1.82) is 0 Å². The zero-order valence-electron chi connectivity index (χ0n) is 13.7. The van der Waals surface area contributed by atoms with Gasteiger partial charge in [0.25, 0.3) is 5.91 Å². The molecule has 1 N–H and O–H groups in total. The number of amides is 2. The molecule has 1 aromatic heterocycles. The Labute approximate surface area is 136 Å². The summed E-state index contributed by atoms with van der Waals surface area (Å²) in [5.41, 5.74) is 0. The fraction of sp³-hybridized carbons (Fsp3) is 0.647. The first-order valence-electron chi connectivity index (χ1n) is 8.52. The molecule has 2 fully saturated rings. The number of nitrogens with one attached hydrogen (secondary N) is 1. The Morgan fingerprint density at radius 3 is 2.52 bits per heavy atom. The summed E-state index contributed by atoms with van der Waals surface area (Å²) in [6.07, 6.45) is 6.70. The van der Waals surface area contributed by atoms with E-state index in [9.17, 15) is 9.59 Å². The van der Waals surface area contributed by atoms with Crippen molar-refractivity contribution >= 4 is 11.8 Å². The van der Waals surface area contributed by atoms with E-state index in [2.05, 4.69) is 10.2 Å². The van der Waals surface area contributed by atoms with Gasteiger partial charge in [0.2, 0.25) is 5.91 Å². The van der Waals surface area contributed by atoms with Crippen LogP contribution >= 0.6 is 0 Å². The van der Waals surface area contributed by atoms with Crippen LogP contribution in [-0.2, 0) is 4.79 Å². The van der Waals surface area contributed by atoms with E-state index in [1.807, 2.05) is 4.90 Å². The monoisotopic (exact) mass is 319 g/mol. The van der Waals surface area contributed by atoms with E-state index in [0.29, 0.717) is 6.04 Å². The largest absolute Gasteiger partial charge is 0.459 e. The van der Waals surface area contributed by atoms with Gasteiger partial charge in [0, 0.05) is 32.2 Å². The summed E-state index contributed by atoms with van der Waals surface area (Å²) in [6.45, 7) is 5.10. The maximum atomic E-state index is 12.5. The Hall–Kier alpha value is -1.82. The number of hydrogen-bond donors (Lipinski definition) is 1. The van der Waals surface area contributed by atoms with Gasteiger partial charge in [-0.25, -0.2) is 0 Å². The molecule has 1 aliphatic heterocycles. The third-order valence-corrected chi connectivity index (χ3v) is 4.93. The number of rotatable bonds is 4. The van der Waals surface area contributed by atoms with Crippen LogP contribution in [0.15, 0.2) is 22.8 Å². The van der Waals surface area contributed by atoms with Gasteiger partial charge < -0.3 is 14.6 Å². The minimum absolute atomic E-state index is 0.0176. The maximum Gasteiger partial charge on any atom is 0.287 e. The van der Waals surface area contributed by atoms with Crippen molar-refractivity contribution in [3.8, 4) is 0 Å². The molecule has 2 aliphatic rings. The molecule has 1 aromatic rings. The van der Waals surface area contributed by atoms with E-state index >= 15 is 0 Å². The Balaban J connectivity index is 1.47. The fourth-order valence-corrected chi connectivity index (χ4v) is 3.59. The molecule has 6 nitrogen and oxygen atoms in total. The normalized spacial score (nSPS) is 21.3. The molecule has 0 aromatic carbocycles. The van der Waals surface area contributed by atoms with Crippen molar-refractivity contribution < 1.29 is 14.0 Å². The van der Waals surface area contributed by atoms with E-state index in [0.717, 1.165) is 26.2 Å². The molecule has 23 heavy (non-hydrogen) atoms. The van der Waals surface area contributed by atoms with Crippen LogP contribution in [0.5, 0.6) is 0 Å². The highest BCUT2D eigenvalue weighted by atomic mass is 16.3. The van der Waals surface area contributed by atoms with Gasteiger partial charge in [-0.1, -0.05) is 12.8 Å². The summed E-state index contributed by atoms with van der Waals surface area (Å²) >= 11 is 0. The molecule has 1 saturated carbocycles. The molecule has 126 valence electrons. The summed E-state index contributed by atoms with van der Waals surface area (Å²) in [5, 5.41) is 2.71. The molecule has 1 unspecified atom stereocenters. The summed E-state index contributed by atoms with van der Waals surface area (Å²) in [5.74, 6) is -0.132. The average molecular weight is 319 g/mol. The van der Waals surface area contributed by atoms with E-state index < -0.39 is 6.04 Å². The summed E-state index contributed by atoms with van der Waals surface area (Å²) < 4.78 is 5.05. The lowest BCUT2D eigenvalue weighted by Gasteiger charge is -2.38. The van der Waals surface area contributed by atoms with E-state index in [1.165, 1.54) is 31.9 Å². The molecule has 0 bridgehead atoms. The Morgan fingerprint density at radius 2 is 1.91 bits per heavy atom. The predicted octanol–water partition coefficient (Wildman–Crippen LogP) is 1.48. The van der Waals surface area contributed by atoms with Crippen molar-refractivity contribution in [1.82, 2.24) is 15.1 Å². The van der Waals surface area contributed by atoms with Gasteiger partial charge in [-0.3, -0.25) is 14.5 Å². The molecule has 1 aliphatic carbocycles. The third kappa shape index (κ3) is 3.75. The lowest BCUT2D eigenvalue weighted by atomic mass is 10.1. The first-order chi connectivity index (χ1) is 11.1. The molecule has 3 rings (SSSR count). The molecule has 0 spiro atoms. The average Bonchev–Trinajstić information content (AvgIpc) is 3.27. The van der Waals surface area contributed by atoms with Gasteiger partial charge in [0.15, 0.2) is 5.76 Å². The molecular weight excluding hydrogens is 294 g/mol. The Morgan fingerprint density at radius 1 is 1.22 bits per heavy atom. The predicted molar refractivity (Wildman–Crippen MR) is 86.0 cm³/mol. The van der Waals surface area contributed by atoms with Gasteiger partial charge in [-0.05, 0) is 31.9 Å². The molecule has 2 heterocycles. The van der Waals surface area contributed by atoms with Crippen molar-refractivity contribution in [2.45, 2.75) is 44.7 Å². The number of piperazine rings is 1. The summed E-state index contributed by atoms with van der Waals surface area (Å²) in [7, 11) is 0. The highest BCUT2D eigenvalue weighted by molar-refractivity contribution is 5.95. The molecule has 6 heteroatoms. The Kier molecular flexibility index (Phi) is 5.00. The molecule has 1 saturated heterocycles. The number of hydrogen-bond acceptors (Lipinski definition) is 4. The van der Waals surface area contributed by atoms with Crippen LogP contribution in [0.2, 0.25) is 0 Å². The summed E-state index contributed by atoms with van der Waals surface area (Å²) in [6, 6.07) is 3.42. The zero-order valence-corrected chi connectivity index (χ0v) is 13.7. The molecule has 1 atom stereocenters. The lowest BCUT2D eigenvalue weighted by Crippen LogP contribution is -2.55. The van der Waals surface area contributed by atoms with E-state index in [-0.39, 0.29) is 17.6 Å². The van der Waals surface area contributed by atoms with Crippen LogP contribution < -0.4 is 5.32 Å². The second-order valence-corrected chi connectivity index (χ2v) is 6.47. The standard InChI is InChI=1S/C17H25N3O3/c1-13(18-16(21)15-7-4-12-23-15)17(22)20-10-8-19(9-11-20)14-5-2-3-6-14/h4,7,12-14H,2-3,5-6,8-11H2,1H3,(H,18,21). The summed E-state index contributed by atoms with van der Waals surface area (Å²) in [4.78, 5) is 28.8. The molecule has 0 radical (unpaired) electrons. The topological polar surface area (TPSA) is 65.8 Å². The maximum absolute atomic E-state index is 12.5. The van der Waals surface area contributed by atoms with Crippen LogP contribution in [-0.4, -0.2) is 59.9 Å². The van der Waals surface area contributed by atoms with Crippen LogP contribution in [0.4, 0.5) is 0 Å². The molecular formula is C17H25N3O3. The van der Waals surface area contributed by atoms with Crippen molar-refractivity contribution in [3.63, 3.8) is 0 Å². The Bertz CT molecular complexity index is 529. The van der Waals surface area contributed by atoms with Crippen LogP contribution in [0.25, 0.3) is 0 Å².